The number of carbonyl (C=O) groups is 1. The molecule has 4 nitrogen and oxygen atoms in total. The summed E-state index contributed by atoms with van der Waals surface area (Å²) in [6.07, 6.45) is 2.45. The molecule has 19 heavy (non-hydrogen) atoms. The second-order valence-electron chi connectivity index (χ2n) is 5.43. The zero-order valence-electron chi connectivity index (χ0n) is 12.0. The van der Waals surface area contributed by atoms with Crippen molar-refractivity contribution in [1.29, 1.82) is 0 Å². The molecule has 0 aliphatic heterocycles. The lowest BCUT2D eigenvalue weighted by atomic mass is 10.0. The molecule has 1 amide bonds. The molecule has 0 saturated heterocycles. The Morgan fingerprint density at radius 1 is 1.42 bits per heavy atom. The van der Waals surface area contributed by atoms with E-state index in [0.717, 1.165) is 13.0 Å². The lowest BCUT2D eigenvalue weighted by molar-refractivity contribution is 0.0924. The molecule has 0 aromatic carbocycles. The highest BCUT2D eigenvalue weighted by molar-refractivity contribution is 6.29. The van der Waals surface area contributed by atoms with Crippen LogP contribution in [0.3, 0.4) is 0 Å². The van der Waals surface area contributed by atoms with E-state index in [4.69, 9.17) is 11.6 Å². The molecule has 0 bridgehead atoms. The van der Waals surface area contributed by atoms with Crippen LogP contribution < -0.4 is 5.32 Å². The van der Waals surface area contributed by atoms with Gasteiger partial charge in [0, 0.05) is 18.8 Å². The number of aromatic nitrogens is 1. The van der Waals surface area contributed by atoms with Gasteiger partial charge in [-0.15, -0.1) is 0 Å². The van der Waals surface area contributed by atoms with Crippen LogP contribution in [0, 0.1) is 5.92 Å². The van der Waals surface area contributed by atoms with Crippen molar-refractivity contribution in [2.45, 2.75) is 26.3 Å². The minimum absolute atomic E-state index is 0.100. The molecule has 1 unspecified atom stereocenters. The van der Waals surface area contributed by atoms with Crippen LogP contribution in [0.15, 0.2) is 18.3 Å². The third kappa shape index (κ3) is 6.03. The van der Waals surface area contributed by atoms with Gasteiger partial charge in [0.2, 0.25) is 0 Å². The zero-order valence-corrected chi connectivity index (χ0v) is 12.7. The number of hydrogen-bond acceptors (Lipinski definition) is 3. The van der Waals surface area contributed by atoms with Crippen LogP contribution in [-0.2, 0) is 0 Å². The van der Waals surface area contributed by atoms with Crippen molar-refractivity contribution in [3.05, 3.63) is 29.0 Å². The van der Waals surface area contributed by atoms with Gasteiger partial charge in [0.1, 0.15) is 5.15 Å². The Bertz CT molecular complexity index is 394. The Morgan fingerprint density at radius 3 is 2.58 bits per heavy atom. The van der Waals surface area contributed by atoms with E-state index in [9.17, 15) is 4.79 Å². The van der Waals surface area contributed by atoms with E-state index in [-0.39, 0.29) is 11.9 Å². The fraction of sp³-hybridized carbons (Fsp3) is 0.571. The van der Waals surface area contributed by atoms with Gasteiger partial charge in [-0.3, -0.25) is 4.79 Å². The normalized spacial score (nSPS) is 12.8. The average Bonchev–Trinajstić information content (AvgIpc) is 2.27. The van der Waals surface area contributed by atoms with Crippen LogP contribution in [0.1, 0.15) is 30.6 Å². The molecule has 1 rings (SSSR count). The minimum Gasteiger partial charge on any atom is -0.348 e. The first-order valence-electron chi connectivity index (χ1n) is 6.45. The molecular weight excluding hydrogens is 262 g/mol. The number of hydrogen-bond donors (Lipinski definition) is 1. The maximum Gasteiger partial charge on any atom is 0.253 e. The van der Waals surface area contributed by atoms with Gasteiger partial charge in [0.25, 0.3) is 5.91 Å². The molecule has 1 N–H and O–H groups in total. The number of pyridine rings is 1. The van der Waals surface area contributed by atoms with E-state index < -0.39 is 0 Å². The van der Waals surface area contributed by atoms with E-state index in [1.54, 1.807) is 12.1 Å². The monoisotopic (exact) mass is 283 g/mol. The molecule has 0 aliphatic rings. The molecular formula is C14H22ClN3O. The molecule has 0 fully saturated rings. The van der Waals surface area contributed by atoms with Gasteiger partial charge >= 0.3 is 0 Å². The maximum atomic E-state index is 12.1. The van der Waals surface area contributed by atoms with Crippen molar-refractivity contribution >= 4 is 17.5 Å². The number of rotatable bonds is 6. The van der Waals surface area contributed by atoms with Crippen molar-refractivity contribution in [3.63, 3.8) is 0 Å². The topological polar surface area (TPSA) is 45.2 Å². The van der Waals surface area contributed by atoms with Crippen molar-refractivity contribution in [3.8, 4) is 0 Å². The van der Waals surface area contributed by atoms with Gasteiger partial charge in [0.05, 0.1) is 5.56 Å². The summed E-state index contributed by atoms with van der Waals surface area (Å²) in [6, 6.07) is 3.45. The SMILES string of the molecule is CC(C)CC(CN(C)C)NC(=O)c1ccc(Cl)nc1. The highest BCUT2D eigenvalue weighted by Gasteiger charge is 2.16. The number of carbonyl (C=O) groups excluding carboxylic acids is 1. The first kappa shape index (κ1) is 15.9. The van der Waals surface area contributed by atoms with Gasteiger partial charge in [-0.25, -0.2) is 4.98 Å². The Labute approximate surface area is 120 Å². The number of likely N-dealkylation sites (N-methyl/N-ethyl adjacent to an activating group) is 1. The number of nitrogens with zero attached hydrogens (tertiary/aromatic N) is 2. The van der Waals surface area contributed by atoms with Crippen LogP contribution in [-0.4, -0.2) is 42.5 Å². The lowest BCUT2D eigenvalue weighted by Crippen LogP contribution is -2.42. The third-order valence-corrected chi connectivity index (χ3v) is 2.89. The molecule has 0 saturated carbocycles. The highest BCUT2D eigenvalue weighted by Crippen LogP contribution is 2.09. The second kappa shape index (κ2) is 7.46. The molecule has 1 aromatic rings. The molecule has 1 atom stereocenters. The number of amides is 1. The predicted octanol–water partition coefficient (Wildman–Crippen LogP) is 2.44. The fourth-order valence-electron chi connectivity index (χ4n) is 1.97. The van der Waals surface area contributed by atoms with Gasteiger partial charge in [0.15, 0.2) is 0 Å². The quantitative estimate of drug-likeness (QED) is 0.816. The first-order valence-corrected chi connectivity index (χ1v) is 6.83. The predicted molar refractivity (Wildman–Crippen MR) is 78.5 cm³/mol. The fourth-order valence-corrected chi connectivity index (χ4v) is 2.08. The molecule has 1 heterocycles. The van der Waals surface area contributed by atoms with Gasteiger partial charge < -0.3 is 10.2 Å². The van der Waals surface area contributed by atoms with Crippen LogP contribution in [0.4, 0.5) is 0 Å². The van der Waals surface area contributed by atoms with Gasteiger partial charge in [-0.2, -0.15) is 0 Å². The van der Waals surface area contributed by atoms with E-state index in [1.807, 2.05) is 14.1 Å². The summed E-state index contributed by atoms with van der Waals surface area (Å²) in [7, 11) is 4.01. The van der Waals surface area contributed by atoms with Crippen molar-refractivity contribution < 1.29 is 4.79 Å². The molecule has 0 aliphatic carbocycles. The largest absolute Gasteiger partial charge is 0.348 e. The maximum absolute atomic E-state index is 12.1. The zero-order chi connectivity index (χ0) is 14.4. The van der Waals surface area contributed by atoms with Gasteiger partial charge in [-0.1, -0.05) is 25.4 Å². The van der Waals surface area contributed by atoms with Crippen molar-refractivity contribution in [2.24, 2.45) is 5.92 Å². The van der Waals surface area contributed by atoms with E-state index >= 15 is 0 Å². The molecule has 1 aromatic heterocycles. The molecule has 5 heteroatoms. The van der Waals surface area contributed by atoms with Gasteiger partial charge in [-0.05, 0) is 38.6 Å². The van der Waals surface area contributed by atoms with E-state index in [1.165, 1.54) is 6.20 Å². The standard InChI is InChI=1S/C14H22ClN3O/c1-10(2)7-12(9-18(3)4)17-14(19)11-5-6-13(15)16-8-11/h5-6,8,10,12H,7,9H2,1-4H3,(H,17,19). The lowest BCUT2D eigenvalue weighted by Gasteiger charge is -2.24. The summed E-state index contributed by atoms with van der Waals surface area (Å²) >= 11 is 5.71. The van der Waals surface area contributed by atoms with E-state index in [0.29, 0.717) is 16.6 Å². The number of nitrogens with one attached hydrogen (secondary N) is 1. The third-order valence-electron chi connectivity index (χ3n) is 2.67. The summed E-state index contributed by atoms with van der Waals surface area (Å²) in [5.74, 6) is 0.435. The molecule has 0 spiro atoms. The number of halogens is 1. The van der Waals surface area contributed by atoms with Crippen LogP contribution in [0.5, 0.6) is 0 Å². The van der Waals surface area contributed by atoms with Crippen LogP contribution in [0.2, 0.25) is 5.15 Å². The minimum atomic E-state index is -0.100. The summed E-state index contributed by atoms with van der Waals surface area (Å²) in [5.41, 5.74) is 0.539. The average molecular weight is 284 g/mol. The molecule has 106 valence electrons. The van der Waals surface area contributed by atoms with E-state index in [2.05, 4.69) is 29.0 Å². The summed E-state index contributed by atoms with van der Waals surface area (Å²) in [5, 5.41) is 3.44. The van der Waals surface area contributed by atoms with Crippen molar-refractivity contribution in [2.75, 3.05) is 20.6 Å². The Kier molecular flexibility index (Phi) is 6.25. The Hall–Kier alpha value is -1.13. The second-order valence-corrected chi connectivity index (χ2v) is 5.82. The molecule has 0 radical (unpaired) electrons. The Morgan fingerprint density at radius 2 is 2.11 bits per heavy atom. The smallest absolute Gasteiger partial charge is 0.253 e. The highest BCUT2D eigenvalue weighted by atomic mass is 35.5. The van der Waals surface area contributed by atoms with Crippen molar-refractivity contribution in [1.82, 2.24) is 15.2 Å². The Balaban J connectivity index is 2.66. The van der Waals surface area contributed by atoms with Crippen LogP contribution >= 0.6 is 11.6 Å². The van der Waals surface area contributed by atoms with Crippen LogP contribution in [0.25, 0.3) is 0 Å². The summed E-state index contributed by atoms with van der Waals surface area (Å²) in [4.78, 5) is 18.1. The first-order chi connectivity index (χ1) is 8.88. The summed E-state index contributed by atoms with van der Waals surface area (Å²) < 4.78 is 0. The summed E-state index contributed by atoms with van der Waals surface area (Å²) in [6.45, 7) is 5.13.